The number of benzene rings is 2. The summed E-state index contributed by atoms with van der Waals surface area (Å²) in [6.45, 7) is 6.01. The Labute approximate surface area is 132 Å². The molecule has 2 rings (SSSR count). The highest BCUT2D eigenvalue weighted by Crippen LogP contribution is 2.14. The molecule has 0 bridgehead atoms. The van der Waals surface area contributed by atoms with Crippen LogP contribution in [0.2, 0.25) is 0 Å². The Morgan fingerprint density at radius 3 is 2.29 bits per heavy atom. The third-order valence-electron chi connectivity index (χ3n) is 2.67. The van der Waals surface area contributed by atoms with Crippen molar-refractivity contribution in [1.82, 2.24) is 0 Å². The fourth-order valence-corrected chi connectivity index (χ4v) is 1.85. The lowest BCUT2D eigenvalue weighted by molar-refractivity contribution is -0.111. The van der Waals surface area contributed by atoms with E-state index in [-0.39, 0.29) is 5.91 Å². The average molecular weight is 299 g/mol. The molecule has 0 fully saturated rings. The van der Waals surface area contributed by atoms with Gasteiger partial charge in [0.1, 0.15) is 0 Å². The van der Waals surface area contributed by atoms with E-state index in [1.807, 2.05) is 69.3 Å². The summed E-state index contributed by atoms with van der Waals surface area (Å²) >= 11 is 4.33. The number of carbonyl (C=O) groups excluding carboxylic acids is 1. The zero-order valence-corrected chi connectivity index (χ0v) is 13.5. The number of hydrogen-bond acceptors (Lipinski definition) is 2. The SMILES string of the molecule is CC.Cc1ccc(NC(=O)/C=C/c2ccccc2S)cc1. The van der Waals surface area contributed by atoms with Gasteiger partial charge in [0.15, 0.2) is 0 Å². The number of amides is 1. The van der Waals surface area contributed by atoms with Crippen LogP contribution < -0.4 is 5.32 Å². The molecule has 0 spiro atoms. The summed E-state index contributed by atoms with van der Waals surface area (Å²) < 4.78 is 0. The molecule has 0 aliphatic heterocycles. The monoisotopic (exact) mass is 299 g/mol. The summed E-state index contributed by atoms with van der Waals surface area (Å²) in [7, 11) is 0. The van der Waals surface area contributed by atoms with Gasteiger partial charge in [-0.05, 0) is 36.8 Å². The van der Waals surface area contributed by atoms with Gasteiger partial charge in [0.2, 0.25) is 5.91 Å². The molecule has 2 aromatic rings. The molecule has 2 aromatic carbocycles. The minimum Gasteiger partial charge on any atom is -0.323 e. The number of thiol groups is 1. The van der Waals surface area contributed by atoms with Crippen LogP contribution in [0.1, 0.15) is 25.0 Å². The maximum atomic E-state index is 11.8. The maximum Gasteiger partial charge on any atom is 0.248 e. The average Bonchev–Trinajstić information content (AvgIpc) is 2.51. The van der Waals surface area contributed by atoms with Crippen molar-refractivity contribution < 1.29 is 4.79 Å². The summed E-state index contributed by atoms with van der Waals surface area (Å²) in [5.74, 6) is -0.152. The van der Waals surface area contributed by atoms with E-state index >= 15 is 0 Å². The lowest BCUT2D eigenvalue weighted by atomic mass is 10.2. The molecule has 0 aliphatic carbocycles. The minimum absolute atomic E-state index is 0.152. The summed E-state index contributed by atoms with van der Waals surface area (Å²) in [6, 6.07) is 15.3. The third kappa shape index (κ3) is 5.88. The largest absolute Gasteiger partial charge is 0.323 e. The molecular weight excluding hydrogens is 278 g/mol. The van der Waals surface area contributed by atoms with Gasteiger partial charge in [0.05, 0.1) is 0 Å². The highest BCUT2D eigenvalue weighted by Gasteiger charge is 1.98. The van der Waals surface area contributed by atoms with E-state index in [1.165, 1.54) is 6.08 Å². The van der Waals surface area contributed by atoms with E-state index in [0.29, 0.717) is 0 Å². The predicted octanol–water partition coefficient (Wildman–Crippen LogP) is 4.96. The van der Waals surface area contributed by atoms with Crippen LogP contribution in [0.3, 0.4) is 0 Å². The fourth-order valence-electron chi connectivity index (χ4n) is 1.61. The molecule has 1 amide bonds. The molecule has 21 heavy (non-hydrogen) atoms. The molecule has 1 N–H and O–H groups in total. The van der Waals surface area contributed by atoms with Crippen molar-refractivity contribution in [1.29, 1.82) is 0 Å². The Morgan fingerprint density at radius 2 is 1.67 bits per heavy atom. The first kappa shape index (κ1) is 17.1. The summed E-state index contributed by atoms with van der Waals surface area (Å²) in [5.41, 5.74) is 2.88. The van der Waals surface area contributed by atoms with E-state index < -0.39 is 0 Å². The Bertz CT molecular complexity index is 603. The maximum absolute atomic E-state index is 11.8. The quantitative estimate of drug-likeness (QED) is 0.608. The molecular formula is C18H21NOS. The number of rotatable bonds is 3. The Kier molecular flexibility index (Phi) is 7.33. The van der Waals surface area contributed by atoms with Crippen molar-refractivity contribution in [3.05, 3.63) is 65.7 Å². The second-order valence-electron chi connectivity index (χ2n) is 4.25. The van der Waals surface area contributed by atoms with Crippen LogP contribution in [0.15, 0.2) is 59.5 Å². The van der Waals surface area contributed by atoms with Crippen LogP contribution in [0.4, 0.5) is 5.69 Å². The standard InChI is InChI=1S/C16H15NOS.C2H6/c1-12-6-9-14(10-7-12)17-16(18)11-8-13-4-2-3-5-15(13)19;1-2/h2-11,19H,1H3,(H,17,18);1-2H3/b11-8+;. The summed E-state index contributed by atoms with van der Waals surface area (Å²) in [6.07, 6.45) is 3.26. The normalized spacial score (nSPS) is 9.90. The Morgan fingerprint density at radius 1 is 1.05 bits per heavy atom. The molecule has 0 unspecified atom stereocenters. The van der Waals surface area contributed by atoms with Gasteiger partial charge in [-0.15, -0.1) is 12.6 Å². The highest BCUT2D eigenvalue weighted by atomic mass is 32.1. The third-order valence-corrected chi connectivity index (χ3v) is 3.08. The van der Waals surface area contributed by atoms with E-state index in [1.54, 1.807) is 6.08 Å². The van der Waals surface area contributed by atoms with E-state index in [0.717, 1.165) is 21.7 Å². The van der Waals surface area contributed by atoms with Crippen LogP contribution in [-0.2, 0) is 4.79 Å². The van der Waals surface area contributed by atoms with Crippen molar-refractivity contribution in [3.63, 3.8) is 0 Å². The summed E-state index contributed by atoms with van der Waals surface area (Å²) in [5, 5.41) is 2.81. The van der Waals surface area contributed by atoms with E-state index in [9.17, 15) is 4.79 Å². The molecule has 0 heterocycles. The van der Waals surface area contributed by atoms with Gasteiger partial charge in [0, 0.05) is 16.7 Å². The van der Waals surface area contributed by atoms with Gasteiger partial charge >= 0.3 is 0 Å². The minimum atomic E-state index is -0.152. The second-order valence-corrected chi connectivity index (χ2v) is 4.73. The lowest BCUT2D eigenvalue weighted by Gasteiger charge is -2.02. The van der Waals surface area contributed by atoms with E-state index in [4.69, 9.17) is 0 Å². The van der Waals surface area contributed by atoms with Crippen LogP contribution in [0.25, 0.3) is 6.08 Å². The molecule has 0 saturated heterocycles. The second kappa shape index (κ2) is 9.03. The first-order valence-electron chi connectivity index (χ1n) is 6.99. The molecule has 0 aromatic heterocycles. The smallest absolute Gasteiger partial charge is 0.248 e. The lowest BCUT2D eigenvalue weighted by Crippen LogP contribution is -2.07. The zero-order valence-electron chi connectivity index (χ0n) is 12.6. The molecule has 0 aliphatic rings. The molecule has 2 nitrogen and oxygen atoms in total. The first-order chi connectivity index (χ1) is 10.1. The van der Waals surface area contributed by atoms with Gasteiger partial charge in [-0.25, -0.2) is 0 Å². The van der Waals surface area contributed by atoms with Crippen molar-refractivity contribution in [3.8, 4) is 0 Å². The van der Waals surface area contributed by atoms with Crippen LogP contribution >= 0.6 is 12.6 Å². The van der Waals surface area contributed by atoms with Crippen LogP contribution in [0.5, 0.6) is 0 Å². The molecule has 3 heteroatoms. The number of hydrogen-bond donors (Lipinski definition) is 2. The first-order valence-corrected chi connectivity index (χ1v) is 7.43. The van der Waals surface area contributed by atoms with Gasteiger partial charge in [-0.3, -0.25) is 4.79 Å². The molecule has 0 saturated carbocycles. The molecule has 0 radical (unpaired) electrons. The van der Waals surface area contributed by atoms with Crippen LogP contribution in [-0.4, -0.2) is 5.91 Å². The van der Waals surface area contributed by atoms with Gasteiger partial charge in [0.25, 0.3) is 0 Å². The van der Waals surface area contributed by atoms with Crippen LogP contribution in [0, 0.1) is 6.92 Å². The van der Waals surface area contributed by atoms with Gasteiger partial charge < -0.3 is 5.32 Å². The van der Waals surface area contributed by atoms with Gasteiger partial charge in [-0.1, -0.05) is 49.7 Å². The fraction of sp³-hybridized carbons (Fsp3) is 0.167. The number of nitrogens with one attached hydrogen (secondary N) is 1. The number of anilines is 1. The topological polar surface area (TPSA) is 29.1 Å². The predicted molar refractivity (Wildman–Crippen MR) is 93.9 cm³/mol. The number of carbonyl (C=O) groups is 1. The molecule has 0 atom stereocenters. The Balaban J connectivity index is 0.00000106. The Hall–Kier alpha value is -2.00. The zero-order chi connectivity index (χ0) is 15.7. The van der Waals surface area contributed by atoms with Crippen molar-refractivity contribution in [2.75, 3.05) is 5.32 Å². The highest BCUT2D eigenvalue weighted by molar-refractivity contribution is 7.80. The number of aryl methyl sites for hydroxylation is 1. The summed E-state index contributed by atoms with van der Waals surface area (Å²) in [4.78, 5) is 12.6. The van der Waals surface area contributed by atoms with Crippen molar-refractivity contribution >= 4 is 30.3 Å². The van der Waals surface area contributed by atoms with Crippen molar-refractivity contribution in [2.24, 2.45) is 0 Å². The van der Waals surface area contributed by atoms with Gasteiger partial charge in [-0.2, -0.15) is 0 Å². The van der Waals surface area contributed by atoms with E-state index in [2.05, 4.69) is 17.9 Å². The van der Waals surface area contributed by atoms with Crippen molar-refractivity contribution in [2.45, 2.75) is 25.7 Å². The molecule has 110 valence electrons.